The second kappa shape index (κ2) is 7.42. The first-order chi connectivity index (χ1) is 11.3. The second-order valence-electron chi connectivity index (χ2n) is 6.02. The van der Waals surface area contributed by atoms with E-state index >= 15 is 0 Å². The zero-order chi connectivity index (χ0) is 17.9. The van der Waals surface area contributed by atoms with Crippen molar-refractivity contribution in [2.45, 2.75) is 32.7 Å². The van der Waals surface area contributed by atoms with Crippen LogP contribution in [0.15, 0.2) is 24.3 Å². The van der Waals surface area contributed by atoms with Crippen molar-refractivity contribution in [2.24, 2.45) is 11.8 Å². The van der Waals surface area contributed by atoms with Crippen LogP contribution in [0.25, 0.3) is 0 Å². The Bertz CT molecular complexity index is 632. The van der Waals surface area contributed by atoms with E-state index in [4.69, 9.17) is 0 Å². The third-order valence-electron chi connectivity index (χ3n) is 4.44. The van der Waals surface area contributed by atoms with E-state index < -0.39 is 35.6 Å². The van der Waals surface area contributed by atoms with Crippen LogP contribution in [-0.4, -0.2) is 35.5 Å². The first kappa shape index (κ1) is 17.9. The average Bonchev–Trinajstić information content (AvgIpc) is 2.94. The van der Waals surface area contributed by atoms with Gasteiger partial charge in [0.25, 0.3) is 0 Å². The molecule has 1 unspecified atom stereocenters. The van der Waals surface area contributed by atoms with Crippen LogP contribution in [0.5, 0.6) is 0 Å². The molecule has 0 spiro atoms. The largest absolute Gasteiger partial charge is 0.480 e. The Morgan fingerprint density at radius 2 is 2.00 bits per heavy atom. The van der Waals surface area contributed by atoms with Gasteiger partial charge in [-0.25, -0.2) is 9.18 Å². The van der Waals surface area contributed by atoms with Crippen molar-refractivity contribution in [1.29, 1.82) is 0 Å². The lowest BCUT2D eigenvalue weighted by Gasteiger charge is -2.22. The summed E-state index contributed by atoms with van der Waals surface area (Å²) in [4.78, 5) is 37.5. The van der Waals surface area contributed by atoms with Crippen LogP contribution >= 0.6 is 0 Å². The number of nitrogens with one attached hydrogen (secondary N) is 1. The summed E-state index contributed by atoms with van der Waals surface area (Å²) in [5, 5.41) is 11.7. The van der Waals surface area contributed by atoms with Gasteiger partial charge in [-0.1, -0.05) is 20.3 Å². The van der Waals surface area contributed by atoms with Crippen molar-refractivity contribution in [2.75, 3.05) is 11.4 Å². The van der Waals surface area contributed by atoms with Crippen LogP contribution in [0.4, 0.5) is 10.1 Å². The molecule has 1 aromatic carbocycles. The average molecular weight is 336 g/mol. The highest BCUT2D eigenvalue weighted by Gasteiger charge is 2.39. The normalized spacial score (nSPS) is 19.9. The molecule has 130 valence electrons. The second-order valence-corrected chi connectivity index (χ2v) is 6.02. The Balaban J connectivity index is 2.07. The minimum atomic E-state index is -1.11. The van der Waals surface area contributed by atoms with Crippen LogP contribution in [0.3, 0.4) is 0 Å². The summed E-state index contributed by atoms with van der Waals surface area (Å²) >= 11 is 0. The van der Waals surface area contributed by atoms with Gasteiger partial charge in [0.15, 0.2) is 0 Å². The summed E-state index contributed by atoms with van der Waals surface area (Å²) in [6.07, 6.45) is 0.895. The van der Waals surface area contributed by atoms with Crippen LogP contribution in [0.2, 0.25) is 0 Å². The highest BCUT2D eigenvalue weighted by Crippen LogP contribution is 2.26. The van der Waals surface area contributed by atoms with Gasteiger partial charge in [-0.2, -0.15) is 0 Å². The Morgan fingerprint density at radius 3 is 2.54 bits per heavy atom. The number of benzene rings is 1. The molecule has 1 aliphatic rings. The first-order valence-corrected chi connectivity index (χ1v) is 7.95. The van der Waals surface area contributed by atoms with Gasteiger partial charge in [-0.15, -0.1) is 0 Å². The quantitative estimate of drug-likeness (QED) is 0.776. The molecule has 3 atom stereocenters. The van der Waals surface area contributed by atoms with Crippen molar-refractivity contribution in [3.8, 4) is 0 Å². The van der Waals surface area contributed by atoms with E-state index in [1.165, 1.54) is 29.2 Å². The van der Waals surface area contributed by atoms with Gasteiger partial charge in [-0.3, -0.25) is 9.59 Å². The van der Waals surface area contributed by atoms with Crippen molar-refractivity contribution in [3.63, 3.8) is 0 Å². The molecule has 0 aliphatic carbocycles. The zero-order valence-electron chi connectivity index (χ0n) is 13.7. The molecule has 0 bridgehead atoms. The monoisotopic (exact) mass is 336 g/mol. The van der Waals surface area contributed by atoms with Gasteiger partial charge in [0.1, 0.15) is 17.8 Å². The molecule has 2 rings (SSSR count). The number of carbonyl (C=O) groups is 3. The molecule has 1 aromatic rings. The summed E-state index contributed by atoms with van der Waals surface area (Å²) in [6.45, 7) is 3.91. The third kappa shape index (κ3) is 3.72. The predicted octanol–water partition coefficient (Wildman–Crippen LogP) is 1.79. The Labute approximate surface area is 139 Å². The molecule has 1 fully saturated rings. The number of halogens is 1. The Morgan fingerprint density at radius 1 is 1.38 bits per heavy atom. The number of nitrogens with zero attached hydrogens (tertiary/aromatic N) is 1. The number of hydrogen-bond donors (Lipinski definition) is 2. The molecule has 0 saturated carbocycles. The molecule has 24 heavy (non-hydrogen) atoms. The van der Waals surface area contributed by atoms with Gasteiger partial charge < -0.3 is 15.3 Å². The summed E-state index contributed by atoms with van der Waals surface area (Å²) in [5.74, 6) is -3.64. The fourth-order valence-corrected chi connectivity index (χ4v) is 2.74. The van der Waals surface area contributed by atoms with E-state index in [2.05, 4.69) is 5.32 Å². The molecule has 0 radical (unpaired) electrons. The number of rotatable bonds is 6. The van der Waals surface area contributed by atoms with Gasteiger partial charge in [0, 0.05) is 12.2 Å². The predicted molar refractivity (Wildman–Crippen MR) is 85.9 cm³/mol. The van der Waals surface area contributed by atoms with E-state index in [-0.39, 0.29) is 5.92 Å². The summed E-state index contributed by atoms with van der Waals surface area (Å²) in [7, 11) is 0. The van der Waals surface area contributed by atoms with E-state index in [1.807, 2.05) is 6.92 Å². The number of hydrogen-bond acceptors (Lipinski definition) is 3. The standard InChI is InChI=1S/C17H21FN2O4/c1-3-10(2)14(17(23)24)19-15(21)13-8-9-20(16(13)22)12-6-4-11(18)5-7-12/h4-7,10,13-14H,3,8-9H2,1-2H3,(H,19,21)(H,23,24)/t10-,13?,14-/m0/s1. The third-order valence-corrected chi connectivity index (χ3v) is 4.44. The maximum atomic E-state index is 13.0. The minimum absolute atomic E-state index is 0.240. The summed E-state index contributed by atoms with van der Waals surface area (Å²) < 4.78 is 13.0. The van der Waals surface area contributed by atoms with Gasteiger partial charge >= 0.3 is 5.97 Å². The first-order valence-electron chi connectivity index (χ1n) is 7.95. The molecule has 6 nitrogen and oxygen atoms in total. The van der Waals surface area contributed by atoms with Gasteiger partial charge in [0.05, 0.1) is 0 Å². The topological polar surface area (TPSA) is 86.7 Å². The Kier molecular flexibility index (Phi) is 5.54. The van der Waals surface area contributed by atoms with Crippen LogP contribution in [0.1, 0.15) is 26.7 Å². The molecule has 0 aromatic heterocycles. The molecule has 1 saturated heterocycles. The number of carboxylic acids is 1. The zero-order valence-corrected chi connectivity index (χ0v) is 13.7. The fourth-order valence-electron chi connectivity index (χ4n) is 2.74. The van der Waals surface area contributed by atoms with Gasteiger partial charge in [-0.05, 0) is 36.6 Å². The molecule has 1 aliphatic heterocycles. The van der Waals surface area contributed by atoms with Gasteiger partial charge in [0.2, 0.25) is 11.8 Å². The van der Waals surface area contributed by atoms with Crippen molar-refractivity contribution in [3.05, 3.63) is 30.1 Å². The minimum Gasteiger partial charge on any atom is -0.480 e. The lowest BCUT2D eigenvalue weighted by atomic mass is 9.98. The number of carbonyl (C=O) groups excluding carboxylic acids is 2. The maximum Gasteiger partial charge on any atom is 0.326 e. The van der Waals surface area contributed by atoms with Crippen LogP contribution in [-0.2, 0) is 14.4 Å². The van der Waals surface area contributed by atoms with Crippen molar-refractivity contribution >= 4 is 23.5 Å². The number of aliphatic carboxylic acids is 1. The van der Waals surface area contributed by atoms with E-state index in [0.29, 0.717) is 25.1 Å². The highest BCUT2D eigenvalue weighted by molar-refractivity contribution is 6.10. The maximum absolute atomic E-state index is 13.0. The van der Waals surface area contributed by atoms with E-state index in [1.54, 1.807) is 6.92 Å². The lowest BCUT2D eigenvalue weighted by Crippen LogP contribution is -2.48. The van der Waals surface area contributed by atoms with Crippen LogP contribution in [0, 0.1) is 17.7 Å². The summed E-state index contributed by atoms with van der Waals surface area (Å²) in [6, 6.07) is 4.44. The number of amides is 2. The molecular weight excluding hydrogens is 315 g/mol. The molecule has 1 heterocycles. The lowest BCUT2D eigenvalue weighted by molar-refractivity contribution is -0.145. The smallest absolute Gasteiger partial charge is 0.326 e. The van der Waals surface area contributed by atoms with Crippen molar-refractivity contribution < 1.29 is 23.9 Å². The molecular formula is C17H21FN2O4. The SMILES string of the molecule is CC[C@H](C)[C@H](NC(=O)C1CCN(c2ccc(F)cc2)C1=O)C(=O)O. The molecule has 2 N–H and O–H groups in total. The van der Waals surface area contributed by atoms with Crippen LogP contribution < -0.4 is 10.2 Å². The van der Waals surface area contributed by atoms with E-state index in [0.717, 1.165) is 0 Å². The summed E-state index contributed by atoms with van der Waals surface area (Å²) in [5.41, 5.74) is 0.522. The Hall–Kier alpha value is -2.44. The number of anilines is 1. The van der Waals surface area contributed by atoms with Crippen molar-refractivity contribution in [1.82, 2.24) is 5.32 Å². The molecule has 7 heteroatoms. The highest BCUT2D eigenvalue weighted by atomic mass is 19.1. The van der Waals surface area contributed by atoms with E-state index in [9.17, 15) is 23.9 Å². The fraction of sp³-hybridized carbons (Fsp3) is 0.471. The number of carboxylic acid groups (broad SMARTS) is 1. The molecule has 2 amide bonds.